The van der Waals surface area contributed by atoms with Gasteiger partial charge in [-0.25, -0.2) is 4.39 Å². The van der Waals surface area contributed by atoms with Crippen molar-refractivity contribution < 1.29 is 13.9 Å². The van der Waals surface area contributed by atoms with Crippen LogP contribution in [-0.2, 0) is 4.74 Å². The van der Waals surface area contributed by atoms with E-state index in [4.69, 9.17) is 21.1 Å². The monoisotopic (exact) mass is 216 g/mol. The third-order valence-corrected chi connectivity index (χ3v) is 2.39. The highest BCUT2D eigenvalue weighted by Gasteiger charge is 2.18. The second-order valence-electron chi connectivity index (χ2n) is 3.18. The van der Waals surface area contributed by atoms with Crippen molar-refractivity contribution in [1.82, 2.24) is 0 Å². The van der Waals surface area contributed by atoms with E-state index in [9.17, 15) is 4.39 Å². The van der Waals surface area contributed by atoms with Crippen LogP contribution in [0.1, 0.15) is 6.42 Å². The fourth-order valence-electron chi connectivity index (χ4n) is 1.35. The van der Waals surface area contributed by atoms with Crippen LogP contribution in [0.15, 0.2) is 18.2 Å². The molecule has 1 aromatic carbocycles. The Bertz CT molecular complexity index is 324. The summed E-state index contributed by atoms with van der Waals surface area (Å²) >= 11 is 5.84. The highest BCUT2D eigenvalue weighted by Crippen LogP contribution is 2.27. The number of ether oxygens (including phenoxy) is 2. The maximum atomic E-state index is 12.9. The molecule has 1 heterocycles. The first-order valence-electron chi connectivity index (χ1n) is 4.45. The summed E-state index contributed by atoms with van der Waals surface area (Å²) in [6.45, 7) is 1.24. The zero-order valence-corrected chi connectivity index (χ0v) is 8.26. The molecule has 1 atom stereocenters. The van der Waals surface area contributed by atoms with Crippen molar-refractivity contribution in [2.45, 2.75) is 12.5 Å². The number of halogens is 2. The summed E-state index contributed by atoms with van der Waals surface area (Å²) in [5, 5.41) is 0.429. The summed E-state index contributed by atoms with van der Waals surface area (Å²) in [6.07, 6.45) is 0.821. The number of benzene rings is 1. The standard InChI is InChI=1S/C10H10ClFO2/c11-9-2-1-7(12)5-10(9)14-8-3-4-13-6-8/h1-2,5,8H,3-4,6H2. The SMILES string of the molecule is Fc1ccc(Cl)c(OC2CCOC2)c1. The lowest BCUT2D eigenvalue weighted by atomic mass is 10.3. The van der Waals surface area contributed by atoms with Gasteiger partial charge < -0.3 is 9.47 Å². The molecule has 1 aromatic rings. The first kappa shape index (κ1) is 9.74. The van der Waals surface area contributed by atoms with Crippen molar-refractivity contribution in [2.24, 2.45) is 0 Å². The predicted octanol–water partition coefficient (Wildman–Crippen LogP) is 2.65. The summed E-state index contributed by atoms with van der Waals surface area (Å²) in [4.78, 5) is 0. The molecule has 0 bridgehead atoms. The average molecular weight is 217 g/mol. The van der Waals surface area contributed by atoms with Crippen LogP contribution >= 0.6 is 11.6 Å². The molecular weight excluding hydrogens is 207 g/mol. The number of rotatable bonds is 2. The minimum Gasteiger partial charge on any atom is -0.486 e. The lowest BCUT2D eigenvalue weighted by molar-refractivity contribution is 0.141. The van der Waals surface area contributed by atoms with Crippen LogP contribution in [0.3, 0.4) is 0 Å². The Morgan fingerprint density at radius 2 is 2.36 bits per heavy atom. The molecule has 4 heteroatoms. The van der Waals surface area contributed by atoms with Crippen molar-refractivity contribution in [3.63, 3.8) is 0 Å². The highest BCUT2D eigenvalue weighted by molar-refractivity contribution is 6.32. The molecule has 2 rings (SSSR count). The highest BCUT2D eigenvalue weighted by atomic mass is 35.5. The largest absolute Gasteiger partial charge is 0.486 e. The molecule has 0 N–H and O–H groups in total. The lowest BCUT2D eigenvalue weighted by Crippen LogP contribution is -2.15. The molecule has 1 saturated heterocycles. The van der Waals surface area contributed by atoms with Gasteiger partial charge in [0.1, 0.15) is 17.7 Å². The van der Waals surface area contributed by atoms with E-state index >= 15 is 0 Å². The smallest absolute Gasteiger partial charge is 0.141 e. The average Bonchev–Trinajstić information content (AvgIpc) is 2.64. The molecule has 0 amide bonds. The van der Waals surface area contributed by atoms with E-state index in [2.05, 4.69) is 0 Å². The summed E-state index contributed by atoms with van der Waals surface area (Å²) in [5.74, 6) is 0.0467. The molecule has 1 unspecified atom stereocenters. The fraction of sp³-hybridized carbons (Fsp3) is 0.400. The Morgan fingerprint density at radius 1 is 1.50 bits per heavy atom. The summed E-state index contributed by atoms with van der Waals surface area (Å²) in [6, 6.07) is 4.09. The van der Waals surface area contributed by atoms with Gasteiger partial charge in [0.05, 0.1) is 18.2 Å². The molecule has 0 saturated carbocycles. The maximum Gasteiger partial charge on any atom is 0.141 e. The summed E-state index contributed by atoms with van der Waals surface area (Å²) in [5.41, 5.74) is 0. The molecule has 14 heavy (non-hydrogen) atoms. The molecule has 2 nitrogen and oxygen atoms in total. The first-order valence-corrected chi connectivity index (χ1v) is 4.83. The fourth-order valence-corrected chi connectivity index (χ4v) is 1.52. The van der Waals surface area contributed by atoms with Gasteiger partial charge in [0.25, 0.3) is 0 Å². The third-order valence-electron chi connectivity index (χ3n) is 2.07. The second kappa shape index (κ2) is 4.15. The molecule has 0 aliphatic carbocycles. The molecule has 0 radical (unpaired) electrons. The predicted molar refractivity (Wildman–Crippen MR) is 51.3 cm³/mol. The minimum atomic E-state index is -0.344. The maximum absolute atomic E-state index is 12.9. The van der Waals surface area contributed by atoms with Gasteiger partial charge in [-0.1, -0.05) is 11.6 Å². The second-order valence-corrected chi connectivity index (χ2v) is 3.59. The van der Waals surface area contributed by atoms with Crippen molar-refractivity contribution in [2.75, 3.05) is 13.2 Å². The van der Waals surface area contributed by atoms with Crippen LogP contribution in [0.4, 0.5) is 4.39 Å². The van der Waals surface area contributed by atoms with Gasteiger partial charge in [-0.2, -0.15) is 0 Å². The van der Waals surface area contributed by atoms with Crippen LogP contribution in [-0.4, -0.2) is 19.3 Å². The van der Waals surface area contributed by atoms with E-state index in [1.54, 1.807) is 0 Å². The molecule has 1 aliphatic heterocycles. The summed E-state index contributed by atoms with van der Waals surface area (Å²) < 4.78 is 23.5. The normalized spacial score (nSPS) is 21.1. The summed E-state index contributed by atoms with van der Waals surface area (Å²) in [7, 11) is 0. The van der Waals surface area contributed by atoms with Crippen LogP contribution in [0.5, 0.6) is 5.75 Å². The number of hydrogen-bond donors (Lipinski definition) is 0. The van der Waals surface area contributed by atoms with Gasteiger partial charge in [-0.15, -0.1) is 0 Å². The van der Waals surface area contributed by atoms with E-state index in [0.717, 1.165) is 6.42 Å². The topological polar surface area (TPSA) is 18.5 Å². The van der Waals surface area contributed by atoms with E-state index in [1.807, 2.05) is 0 Å². The molecule has 76 valence electrons. The quantitative estimate of drug-likeness (QED) is 0.757. The Morgan fingerprint density at radius 3 is 3.07 bits per heavy atom. The van der Waals surface area contributed by atoms with Gasteiger partial charge >= 0.3 is 0 Å². The molecular formula is C10H10ClFO2. The van der Waals surface area contributed by atoms with Crippen LogP contribution in [0.2, 0.25) is 5.02 Å². The van der Waals surface area contributed by atoms with E-state index in [1.165, 1.54) is 18.2 Å². The Kier molecular flexibility index (Phi) is 2.89. The van der Waals surface area contributed by atoms with Gasteiger partial charge in [0.15, 0.2) is 0 Å². The van der Waals surface area contributed by atoms with Gasteiger partial charge in [-0.05, 0) is 12.1 Å². The van der Waals surface area contributed by atoms with Gasteiger partial charge in [-0.3, -0.25) is 0 Å². The van der Waals surface area contributed by atoms with E-state index < -0.39 is 0 Å². The Balaban J connectivity index is 2.10. The first-order chi connectivity index (χ1) is 6.75. The number of hydrogen-bond acceptors (Lipinski definition) is 2. The van der Waals surface area contributed by atoms with Crippen LogP contribution < -0.4 is 4.74 Å². The molecule has 0 aromatic heterocycles. The third kappa shape index (κ3) is 2.16. The van der Waals surface area contributed by atoms with Crippen molar-refractivity contribution in [3.8, 4) is 5.75 Å². The van der Waals surface area contributed by atoms with Crippen LogP contribution in [0.25, 0.3) is 0 Å². The minimum absolute atomic E-state index is 0.00528. The van der Waals surface area contributed by atoms with E-state index in [-0.39, 0.29) is 11.9 Å². The van der Waals surface area contributed by atoms with Gasteiger partial charge in [0, 0.05) is 12.5 Å². The van der Waals surface area contributed by atoms with Crippen molar-refractivity contribution >= 4 is 11.6 Å². The zero-order valence-electron chi connectivity index (χ0n) is 7.50. The van der Waals surface area contributed by atoms with E-state index in [0.29, 0.717) is 24.0 Å². The van der Waals surface area contributed by atoms with Crippen molar-refractivity contribution in [1.29, 1.82) is 0 Å². The van der Waals surface area contributed by atoms with Crippen LogP contribution in [0, 0.1) is 5.82 Å². The van der Waals surface area contributed by atoms with Gasteiger partial charge in [0.2, 0.25) is 0 Å². The lowest BCUT2D eigenvalue weighted by Gasteiger charge is -2.12. The molecule has 1 fully saturated rings. The Hall–Kier alpha value is -0.800. The molecule has 1 aliphatic rings. The van der Waals surface area contributed by atoms with Crippen molar-refractivity contribution in [3.05, 3.63) is 29.0 Å². The zero-order chi connectivity index (χ0) is 9.97. The molecule has 0 spiro atoms. The Labute approximate surface area is 86.6 Å².